The zero-order chi connectivity index (χ0) is 47.6. The number of hydrogen-bond acceptors (Lipinski definition) is 7. The van der Waals surface area contributed by atoms with E-state index in [2.05, 4.69) is 199 Å². The Labute approximate surface area is 420 Å². The Hall–Kier alpha value is -4.77. The van der Waals surface area contributed by atoms with Crippen molar-refractivity contribution in [3.8, 4) is 11.4 Å². The fourth-order valence-corrected chi connectivity index (χ4v) is 13.9. The smallest absolute Gasteiger partial charge is 0.0134 e. The normalized spacial score (nSPS) is 14.4. The quantitative estimate of drug-likeness (QED) is 0.0783. The molecule has 0 radical (unpaired) electrons. The van der Waals surface area contributed by atoms with Crippen LogP contribution >= 0.6 is 34.9 Å². The number of nitrogens with zero attached hydrogens (tertiary/aromatic N) is 3. The predicted octanol–water partition coefficient (Wildman–Crippen LogP) is 10.3. The van der Waals surface area contributed by atoms with E-state index in [1.54, 1.807) is 12.1 Å². The van der Waals surface area contributed by atoms with E-state index in [0.717, 1.165) is 24.2 Å². The molecule has 0 bridgehead atoms. The second-order valence-electron chi connectivity index (χ2n) is 16.0. The summed E-state index contributed by atoms with van der Waals surface area (Å²) >= 11 is -0.106. The van der Waals surface area contributed by atoms with E-state index < -0.39 is 25.7 Å². The van der Waals surface area contributed by atoms with E-state index in [9.17, 15) is 8.42 Å². The maximum atomic E-state index is 12.5. The summed E-state index contributed by atoms with van der Waals surface area (Å²) in [6.45, 7) is 4.04. The first kappa shape index (κ1) is 51.1. The minimum atomic E-state index is -3.16. The van der Waals surface area contributed by atoms with Crippen LogP contribution in [0, 0.1) is 0 Å². The molecule has 7 aromatic carbocycles. The van der Waals surface area contributed by atoms with Crippen LogP contribution in [-0.2, 0) is 36.3 Å². The zero-order valence-electron chi connectivity index (χ0n) is 37.6. The molecule has 13 heteroatoms. The molecule has 1 saturated carbocycles. The van der Waals surface area contributed by atoms with Crippen LogP contribution in [-0.4, -0.2) is 49.4 Å². The summed E-state index contributed by atoms with van der Waals surface area (Å²) in [5.41, 5.74) is 7.80. The van der Waals surface area contributed by atoms with E-state index in [1.807, 2.05) is 18.2 Å². The number of benzene rings is 7. The number of anilines is 2. The summed E-state index contributed by atoms with van der Waals surface area (Å²) in [6, 6.07) is 73.9. The van der Waals surface area contributed by atoms with Crippen molar-refractivity contribution in [1.29, 1.82) is 0 Å². The van der Waals surface area contributed by atoms with Crippen LogP contribution in [0.25, 0.3) is 11.4 Å². The molecule has 68 heavy (non-hydrogen) atoms. The zero-order valence-corrected chi connectivity index (χ0v) is 43.3. The average Bonchev–Trinajstić information content (AvgIpc) is 4.25. The van der Waals surface area contributed by atoms with Crippen molar-refractivity contribution in [2.75, 3.05) is 30.4 Å². The fraction of sp³-hybridized carbons (Fsp3) is 0.164. The summed E-state index contributed by atoms with van der Waals surface area (Å²) in [7, 11) is 5.58. The number of ether oxygens (including phenoxy) is 1. The Morgan fingerprint density at radius 3 is 1.31 bits per heavy atom. The molecule has 1 aliphatic heterocycles. The molecule has 2 aliphatic rings. The van der Waals surface area contributed by atoms with Gasteiger partial charge in [-0.3, -0.25) is 0 Å². The Balaban J connectivity index is 0.000000150. The van der Waals surface area contributed by atoms with E-state index >= 15 is 0 Å². The largest absolute Gasteiger partial charge is 0.0622 e. The molecule has 352 valence electrons. The van der Waals surface area contributed by atoms with Gasteiger partial charge in [0, 0.05) is 23.9 Å². The molecular formula is C55H54Cl2N4O3P2PdS. The maximum Gasteiger partial charge on any atom is -0.0134 e. The molecule has 0 unspecified atom stereocenters. The Bertz CT molecular complexity index is 2520. The fourth-order valence-electron chi connectivity index (χ4n) is 7.64. The van der Waals surface area contributed by atoms with Crippen molar-refractivity contribution >= 4 is 88.1 Å². The van der Waals surface area contributed by atoms with Crippen LogP contribution < -0.4 is 42.5 Å². The minimum absolute atomic E-state index is 0.0477. The van der Waals surface area contributed by atoms with Gasteiger partial charge in [-0.25, -0.2) is 18.4 Å². The molecule has 8 aromatic rings. The molecular weight excluding hydrogens is 1040 g/mol. The number of aromatic nitrogens is 2. The summed E-state index contributed by atoms with van der Waals surface area (Å²) in [5.74, 6) is 1.22. The van der Waals surface area contributed by atoms with Gasteiger partial charge in [-0.1, -0.05) is 182 Å². The van der Waals surface area contributed by atoms with Crippen LogP contribution in [0.3, 0.4) is 0 Å². The SMILES string of the molecule is C[C@H]1COCCN1c1cc(CS(=O)(=O)C2CC2)nc(-c2ccc(N)cc2)n1.[Cl][Pd][Cl].c1ccc(P(c2ccccc2)c2ccccc2)cc1.c1ccc(P(c2ccccc2)c2ccccc2)cc1. The predicted molar refractivity (Wildman–Crippen MR) is 287 cm³/mol. The molecule has 2 heterocycles. The van der Waals surface area contributed by atoms with Gasteiger partial charge in [-0.05, 0) is 91.7 Å². The third kappa shape index (κ3) is 14.9. The first-order valence-electron chi connectivity index (χ1n) is 22.3. The van der Waals surface area contributed by atoms with E-state index in [1.165, 1.54) is 31.8 Å². The van der Waals surface area contributed by atoms with Gasteiger partial charge < -0.3 is 15.4 Å². The second-order valence-corrected chi connectivity index (χ2v) is 25.1. The van der Waals surface area contributed by atoms with Crippen molar-refractivity contribution in [3.05, 3.63) is 218 Å². The standard InChI is InChI=1S/C19H24N4O3S.2C18H15P.2ClH.Pd/c1-13-11-26-9-8-23(13)18-10-16(12-27(24,25)17-6-7-17)21-19(22-18)14-2-4-15(20)5-3-14;2*1-4-10-16(11-5-1)19(17-12-6-2-7-13-17)18-14-8-3-9-15-18;;;/h2-5,10,13,17H,6-9,11-12,20H2,1H3;2*1-15H;2*1H;/q;;;;;+2/p-2/t13-;;;;;/m0...../s1. The molecule has 2 N–H and O–H groups in total. The number of hydrogen-bond donors (Lipinski definition) is 1. The van der Waals surface area contributed by atoms with Gasteiger partial charge in [-0.2, -0.15) is 0 Å². The van der Waals surface area contributed by atoms with Gasteiger partial charge in [0.15, 0.2) is 15.7 Å². The molecule has 2 fully saturated rings. The van der Waals surface area contributed by atoms with E-state index in [-0.39, 0.29) is 33.0 Å². The van der Waals surface area contributed by atoms with Crippen molar-refractivity contribution in [1.82, 2.24) is 9.97 Å². The van der Waals surface area contributed by atoms with Gasteiger partial charge in [0.25, 0.3) is 0 Å². The number of nitrogen functional groups attached to an aromatic ring is 1. The summed E-state index contributed by atoms with van der Waals surface area (Å²) in [5, 5.41) is 8.18. The Morgan fingerprint density at radius 2 is 0.971 bits per heavy atom. The third-order valence-corrected chi connectivity index (χ3v) is 18.1. The Morgan fingerprint density at radius 1 is 0.603 bits per heavy atom. The molecule has 1 atom stereocenters. The van der Waals surface area contributed by atoms with Crippen LogP contribution in [0.5, 0.6) is 0 Å². The van der Waals surface area contributed by atoms with Gasteiger partial charge in [0.2, 0.25) is 0 Å². The molecule has 10 rings (SSSR count). The van der Waals surface area contributed by atoms with E-state index in [0.29, 0.717) is 37.0 Å². The van der Waals surface area contributed by atoms with Gasteiger partial charge >= 0.3 is 35.0 Å². The third-order valence-electron chi connectivity index (χ3n) is 11.1. The number of nitrogens with two attached hydrogens (primary N) is 1. The first-order chi connectivity index (χ1) is 33.2. The van der Waals surface area contributed by atoms with Gasteiger partial charge in [0.1, 0.15) is 5.82 Å². The molecule has 1 saturated heterocycles. The monoisotopic (exact) mass is 1090 g/mol. The van der Waals surface area contributed by atoms with Crippen molar-refractivity contribution in [3.63, 3.8) is 0 Å². The summed E-state index contributed by atoms with van der Waals surface area (Å²) in [4.78, 5) is 11.4. The van der Waals surface area contributed by atoms with Crippen molar-refractivity contribution in [2.45, 2.75) is 36.8 Å². The number of morpholine rings is 1. The molecule has 0 amide bonds. The summed E-state index contributed by atoms with van der Waals surface area (Å²) in [6.07, 6.45) is 1.51. The van der Waals surface area contributed by atoms with Gasteiger partial charge in [-0.15, -0.1) is 0 Å². The van der Waals surface area contributed by atoms with Crippen LogP contribution in [0.4, 0.5) is 11.5 Å². The van der Waals surface area contributed by atoms with Crippen LogP contribution in [0.15, 0.2) is 212 Å². The topological polar surface area (TPSA) is 98.4 Å². The minimum Gasteiger partial charge on any atom is -0.0622 e. The molecule has 7 nitrogen and oxygen atoms in total. The van der Waals surface area contributed by atoms with Crippen LogP contribution in [0.2, 0.25) is 0 Å². The second kappa shape index (κ2) is 26.3. The molecule has 1 aliphatic carbocycles. The summed E-state index contributed by atoms with van der Waals surface area (Å²) < 4.78 is 30.5. The number of sulfone groups is 1. The van der Waals surface area contributed by atoms with Crippen molar-refractivity contribution in [2.24, 2.45) is 0 Å². The number of rotatable bonds is 11. The Kier molecular flexibility index (Phi) is 19.7. The van der Waals surface area contributed by atoms with Crippen molar-refractivity contribution < 1.29 is 29.1 Å². The molecule has 0 spiro atoms. The molecule has 1 aromatic heterocycles. The first-order valence-corrected chi connectivity index (χ1v) is 30.7. The maximum absolute atomic E-state index is 12.5. The average molecular weight is 1090 g/mol. The number of halogens is 2. The van der Waals surface area contributed by atoms with Crippen LogP contribution in [0.1, 0.15) is 25.5 Å². The van der Waals surface area contributed by atoms with Gasteiger partial charge in [0.05, 0.1) is 36.0 Å². The van der Waals surface area contributed by atoms with E-state index in [4.69, 9.17) is 34.5 Å².